The van der Waals surface area contributed by atoms with E-state index in [1.165, 1.54) is 0 Å². The van der Waals surface area contributed by atoms with Gasteiger partial charge in [0, 0.05) is 32.5 Å². The quantitative estimate of drug-likeness (QED) is 0.548. The molecule has 0 aliphatic carbocycles. The molecule has 64 valence electrons. The molecule has 0 aromatic rings. The minimum Gasteiger partial charge on any atom is -0.299 e. The Bertz CT molecular complexity index is 187. The van der Waals surface area contributed by atoms with Crippen LogP contribution in [0.3, 0.4) is 0 Å². The summed E-state index contributed by atoms with van der Waals surface area (Å²) in [6.45, 7) is 1.89. The molecule has 0 spiro atoms. The number of carbonyl (C=O) groups is 1. The van der Waals surface area contributed by atoms with E-state index in [2.05, 4.69) is 0 Å². The number of hydrogen-bond donors (Lipinski definition) is 0. The normalized spacial score (nSPS) is 41.9. The van der Waals surface area contributed by atoms with Crippen LogP contribution < -0.4 is 0 Å². The summed E-state index contributed by atoms with van der Waals surface area (Å²) in [6, 6.07) is 0. The topological polar surface area (TPSA) is 20.3 Å². The van der Waals surface area contributed by atoms with Gasteiger partial charge in [-0.2, -0.15) is 0 Å². The summed E-state index contributed by atoms with van der Waals surface area (Å²) in [6.07, 6.45) is 0.836. The Morgan fingerprint density at radius 1 is 1.45 bits per heavy atom. The minimum atomic E-state index is -1.46. The van der Waals surface area contributed by atoms with Gasteiger partial charge < -0.3 is 0 Å². The van der Waals surface area contributed by atoms with Crippen molar-refractivity contribution in [1.82, 2.24) is 4.90 Å². The van der Waals surface area contributed by atoms with Crippen LogP contribution in [-0.2, 0) is 4.79 Å². The van der Waals surface area contributed by atoms with E-state index >= 15 is 0 Å². The fourth-order valence-corrected chi connectivity index (χ4v) is 1.75. The van der Waals surface area contributed by atoms with E-state index in [-0.39, 0.29) is 18.2 Å². The van der Waals surface area contributed by atoms with E-state index in [1.54, 1.807) is 0 Å². The van der Waals surface area contributed by atoms with Crippen molar-refractivity contribution in [2.45, 2.75) is 18.5 Å². The van der Waals surface area contributed by atoms with E-state index in [1.807, 2.05) is 4.90 Å². The summed E-state index contributed by atoms with van der Waals surface area (Å²) in [5.41, 5.74) is -1.46. The van der Waals surface area contributed by atoms with E-state index < -0.39 is 5.67 Å². The highest BCUT2D eigenvalue weighted by atomic mass is 35.5. The first-order valence-corrected chi connectivity index (χ1v) is 3.65. The molecule has 2 aliphatic rings. The summed E-state index contributed by atoms with van der Waals surface area (Å²) in [4.78, 5) is 13.0. The zero-order chi connectivity index (χ0) is 7.19. The zero-order valence-electron chi connectivity index (χ0n) is 6.18. The lowest BCUT2D eigenvalue weighted by Gasteiger charge is -2.24. The van der Waals surface area contributed by atoms with Crippen LogP contribution in [0.1, 0.15) is 12.8 Å². The SMILES string of the molecule is Cl.O=C1CCN2CCC1(F)C2. The van der Waals surface area contributed by atoms with Gasteiger partial charge in [-0.05, 0) is 0 Å². The number of hydrogen-bond acceptors (Lipinski definition) is 2. The van der Waals surface area contributed by atoms with Crippen LogP contribution in [-0.4, -0.2) is 36.0 Å². The van der Waals surface area contributed by atoms with Gasteiger partial charge in [0.15, 0.2) is 11.5 Å². The van der Waals surface area contributed by atoms with Gasteiger partial charge in [-0.1, -0.05) is 0 Å². The van der Waals surface area contributed by atoms with Crippen molar-refractivity contribution in [2.75, 3.05) is 19.6 Å². The third kappa shape index (κ3) is 1.27. The smallest absolute Gasteiger partial charge is 0.182 e. The molecule has 2 atom stereocenters. The number of alkyl halides is 1. The molecule has 0 saturated carbocycles. The Labute approximate surface area is 71.2 Å². The molecule has 0 aromatic carbocycles. The molecule has 2 saturated heterocycles. The van der Waals surface area contributed by atoms with Gasteiger partial charge in [-0.15, -0.1) is 12.4 Å². The molecular formula is C7H11ClFNO. The van der Waals surface area contributed by atoms with Crippen LogP contribution in [0.25, 0.3) is 0 Å². The molecular weight excluding hydrogens is 169 g/mol. The van der Waals surface area contributed by atoms with Crippen molar-refractivity contribution in [3.05, 3.63) is 0 Å². The van der Waals surface area contributed by atoms with Crippen molar-refractivity contribution in [1.29, 1.82) is 0 Å². The highest BCUT2D eigenvalue weighted by Crippen LogP contribution is 2.31. The average molecular weight is 180 g/mol. The number of Topliss-reactive ketones (excluding diaryl/α,β-unsaturated/α-hetero) is 1. The highest BCUT2D eigenvalue weighted by Gasteiger charge is 2.47. The number of ketones is 1. The maximum Gasteiger partial charge on any atom is 0.182 e. The molecule has 2 aliphatic heterocycles. The summed E-state index contributed by atoms with van der Waals surface area (Å²) in [5, 5.41) is 0. The lowest BCUT2D eigenvalue weighted by molar-refractivity contribution is -0.132. The van der Waals surface area contributed by atoms with Gasteiger partial charge in [0.2, 0.25) is 0 Å². The lowest BCUT2D eigenvalue weighted by Crippen LogP contribution is -2.43. The molecule has 0 aromatic heterocycles. The van der Waals surface area contributed by atoms with Gasteiger partial charge in [0.1, 0.15) is 0 Å². The number of fused-ring (bicyclic) bond motifs is 2. The van der Waals surface area contributed by atoms with Gasteiger partial charge in [0.25, 0.3) is 0 Å². The molecule has 2 fully saturated rings. The monoisotopic (exact) mass is 179 g/mol. The molecule has 0 radical (unpaired) electrons. The first-order valence-electron chi connectivity index (χ1n) is 3.65. The fourth-order valence-electron chi connectivity index (χ4n) is 1.75. The van der Waals surface area contributed by atoms with Crippen molar-refractivity contribution in [3.8, 4) is 0 Å². The van der Waals surface area contributed by atoms with E-state index in [0.29, 0.717) is 19.4 Å². The first-order chi connectivity index (χ1) is 4.71. The van der Waals surface area contributed by atoms with E-state index in [9.17, 15) is 9.18 Å². The fraction of sp³-hybridized carbons (Fsp3) is 0.857. The molecule has 4 heteroatoms. The number of carbonyl (C=O) groups excluding carboxylic acids is 1. The van der Waals surface area contributed by atoms with Gasteiger partial charge in [-0.25, -0.2) is 4.39 Å². The van der Waals surface area contributed by atoms with Crippen LogP contribution in [0.2, 0.25) is 0 Å². The number of halogens is 2. The molecule has 0 amide bonds. The maximum absolute atomic E-state index is 13.3. The number of nitrogens with zero attached hydrogens (tertiary/aromatic N) is 1. The van der Waals surface area contributed by atoms with Gasteiger partial charge in [-0.3, -0.25) is 9.69 Å². The lowest BCUT2D eigenvalue weighted by atomic mass is 9.96. The molecule has 2 heterocycles. The standard InChI is InChI=1S/C7H10FNO.ClH/c8-7-2-4-9(5-7)3-1-6(7)10;/h1-5H2;1H. The average Bonchev–Trinajstić information content (AvgIpc) is 2.22. The third-order valence-corrected chi connectivity index (χ3v) is 2.45. The second-order valence-corrected chi connectivity index (χ2v) is 3.16. The molecule has 2 rings (SSSR count). The maximum atomic E-state index is 13.3. The van der Waals surface area contributed by atoms with Crippen LogP contribution in [0.4, 0.5) is 4.39 Å². The Morgan fingerprint density at radius 2 is 2.18 bits per heavy atom. The second kappa shape index (κ2) is 2.72. The van der Waals surface area contributed by atoms with Crippen LogP contribution in [0.15, 0.2) is 0 Å². The predicted molar refractivity (Wildman–Crippen MR) is 41.8 cm³/mol. The predicted octanol–water partition coefficient (Wildman–Crippen LogP) is 0.795. The zero-order valence-corrected chi connectivity index (χ0v) is 6.99. The Balaban J connectivity index is 0.000000605. The van der Waals surface area contributed by atoms with Crippen molar-refractivity contribution in [3.63, 3.8) is 0 Å². The molecule has 2 nitrogen and oxygen atoms in total. The van der Waals surface area contributed by atoms with Crippen molar-refractivity contribution < 1.29 is 9.18 Å². The summed E-state index contributed by atoms with van der Waals surface area (Å²) >= 11 is 0. The van der Waals surface area contributed by atoms with Gasteiger partial charge in [0.05, 0.1) is 0 Å². The van der Waals surface area contributed by atoms with E-state index in [0.717, 1.165) is 13.1 Å². The Kier molecular flexibility index (Phi) is 2.21. The Hall–Kier alpha value is -0.150. The molecule has 0 N–H and O–H groups in total. The highest BCUT2D eigenvalue weighted by molar-refractivity contribution is 5.89. The van der Waals surface area contributed by atoms with Crippen LogP contribution in [0.5, 0.6) is 0 Å². The minimum absolute atomic E-state index is 0. The Morgan fingerprint density at radius 3 is 2.82 bits per heavy atom. The molecule has 11 heavy (non-hydrogen) atoms. The summed E-state index contributed by atoms with van der Waals surface area (Å²) < 4.78 is 13.3. The van der Waals surface area contributed by atoms with Crippen molar-refractivity contribution >= 4 is 18.2 Å². The molecule has 2 unspecified atom stereocenters. The van der Waals surface area contributed by atoms with E-state index in [4.69, 9.17) is 0 Å². The third-order valence-electron chi connectivity index (χ3n) is 2.45. The summed E-state index contributed by atoms with van der Waals surface area (Å²) in [7, 11) is 0. The first kappa shape index (κ1) is 8.94. The largest absolute Gasteiger partial charge is 0.299 e. The molecule has 2 bridgehead atoms. The van der Waals surface area contributed by atoms with Gasteiger partial charge >= 0.3 is 0 Å². The second-order valence-electron chi connectivity index (χ2n) is 3.16. The number of rotatable bonds is 0. The van der Waals surface area contributed by atoms with Crippen LogP contribution in [0, 0.1) is 0 Å². The van der Waals surface area contributed by atoms with Crippen LogP contribution >= 0.6 is 12.4 Å². The van der Waals surface area contributed by atoms with Crippen molar-refractivity contribution in [2.24, 2.45) is 0 Å². The number of piperidine rings is 1. The summed E-state index contributed by atoms with van der Waals surface area (Å²) in [5.74, 6) is -0.179.